The first-order valence-corrected chi connectivity index (χ1v) is 7.94. The molecular formula is C17H20N4O3. The van der Waals surface area contributed by atoms with Crippen LogP contribution in [0.25, 0.3) is 0 Å². The number of hydrogen-bond donors (Lipinski definition) is 1. The van der Waals surface area contributed by atoms with E-state index in [0.29, 0.717) is 12.5 Å². The van der Waals surface area contributed by atoms with Gasteiger partial charge in [0.25, 0.3) is 0 Å². The number of carboxylic acids is 1. The van der Waals surface area contributed by atoms with Crippen molar-refractivity contribution in [3.05, 3.63) is 47.3 Å². The molecule has 0 bridgehead atoms. The van der Waals surface area contributed by atoms with E-state index in [0.717, 1.165) is 6.42 Å². The fourth-order valence-corrected chi connectivity index (χ4v) is 3.35. The van der Waals surface area contributed by atoms with Gasteiger partial charge in [-0.05, 0) is 31.4 Å². The average molecular weight is 328 g/mol. The molecule has 1 amide bonds. The zero-order valence-electron chi connectivity index (χ0n) is 13.7. The van der Waals surface area contributed by atoms with Gasteiger partial charge in [-0.1, -0.05) is 29.5 Å². The maximum Gasteiger partial charge on any atom is 0.358 e. The molecule has 2 unspecified atom stereocenters. The summed E-state index contributed by atoms with van der Waals surface area (Å²) in [6.45, 7) is 4.81. The maximum atomic E-state index is 12.6. The summed E-state index contributed by atoms with van der Waals surface area (Å²) in [5.41, 5.74) is 2.37. The largest absolute Gasteiger partial charge is 0.476 e. The Bertz CT molecular complexity index is 771. The van der Waals surface area contributed by atoms with Crippen molar-refractivity contribution in [3.8, 4) is 0 Å². The van der Waals surface area contributed by atoms with Crippen molar-refractivity contribution in [1.29, 1.82) is 0 Å². The maximum absolute atomic E-state index is 12.6. The van der Waals surface area contributed by atoms with Gasteiger partial charge in [0.05, 0.1) is 6.20 Å². The van der Waals surface area contributed by atoms with Crippen molar-refractivity contribution in [2.75, 3.05) is 6.54 Å². The fraction of sp³-hybridized carbons (Fsp3) is 0.412. The van der Waals surface area contributed by atoms with Gasteiger partial charge in [0.1, 0.15) is 6.54 Å². The van der Waals surface area contributed by atoms with Crippen molar-refractivity contribution < 1.29 is 14.7 Å². The summed E-state index contributed by atoms with van der Waals surface area (Å²) in [5, 5.41) is 16.1. The van der Waals surface area contributed by atoms with E-state index in [1.54, 1.807) is 0 Å². The lowest BCUT2D eigenvalue weighted by molar-refractivity contribution is -0.132. The molecule has 2 heterocycles. The third kappa shape index (κ3) is 3.15. The van der Waals surface area contributed by atoms with Gasteiger partial charge in [-0.3, -0.25) is 4.79 Å². The molecule has 1 N–H and O–H groups in total. The topological polar surface area (TPSA) is 88.3 Å². The molecule has 0 radical (unpaired) electrons. The van der Waals surface area contributed by atoms with Crippen molar-refractivity contribution in [2.45, 2.75) is 38.8 Å². The van der Waals surface area contributed by atoms with Gasteiger partial charge in [-0.2, -0.15) is 0 Å². The highest BCUT2D eigenvalue weighted by Gasteiger charge is 2.33. The number of aromatic nitrogens is 3. The summed E-state index contributed by atoms with van der Waals surface area (Å²) in [4.78, 5) is 25.2. The van der Waals surface area contributed by atoms with Crippen LogP contribution in [0, 0.1) is 6.92 Å². The molecular weight excluding hydrogens is 308 g/mol. The predicted molar refractivity (Wildman–Crippen MR) is 86.7 cm³/mol. The zero-order chi connectivity index (χ0) is 17.3. The van der Waals surface area contributed by atoms with Gasteiger partial charge in [0, 0.05) is 18.5 Å². The van der Waals surface area contributed by atoms with Gasteiger partial charge in [-0.15, -0.1) is 5.10 Å². The Kier molecular flexibility index (Phi) is 4.33. The predicted octanol–water partition coefficient (Wildman–Crippen LogP) is 1.69. The highest BCUT2D eigenvalue weighted by atomic mass is 16.4. The number of aryl methyl sites for hydroxylation is 1. The lowest BCUT2D eigenvalue weighted by atomic mass is 9.93. The standard InChI is InChI=1S/C17H20N4O3/c1-11-5-3-4-6-14(11)13-7-12(2)21(8-13)16(22)10-20-9-15(17(23)24)18-19-20/h3-6,9,12-13H,7-8,10H2,1-2H3,(H,23,24). The second kappa shape index (κ2) is 6.43. The first-order valence-electron chi connectivity index (χ1n) is 7.94. The lowest BCUT2D eigenvalue weighted by Crippen LogP contribution is -2.36. The Balaban J connectivity index is 1.69. The van der Waals surface area contributed by atoms with Gasteiger partial charge in [0.15, 0.2) is 5.69 Å². The molecule has 0 spiro atoms. The third-order valence-electron chi connectivity index (χ3n) is 4.58. The molecule has 126 valence electrons. The molecule has 1 aliphatic heterocycles. The number of hydrogen-bond acceptors (Lipinski definition) is 4. The molecule has 2 aromatic rings. The van der Waals surface area contributed by atoms with Crippen molar-refractivity contribution in [3.63, 3.8) is 0 Å². The normalized spacial score (nSPS) is 20.3. The highest BCUT2D eigenvalue weighted by Crippen LogP contribution is 2.33. The van der Waals surface area contributed by atoms with Crippen LogP contribution >= 0.6 is 0 Å². The van der Waals surface area contributed by atoms with E-state index in [1.165, 1.54) is 22.0 Å². The van der Waals surface area contributed by atoms with E-state index in [2.05, 4.69) is 29.4 Å². The number of aromatic carboxylic acids is 1. The van der Waals surface area contributed by atoms with Crippen LogP contribution in [0.2, 0.25) is 0 Å². The van der Waals surface area contributed by atoms with Crippen LogP contribution in [0.15, 0.2) is 30.5 Å². The molecule has 24 heavy (non-hydrogen) atoms. The second-order valence-corrected chi connectivity index (χ2v) is 6.29. The van der Waals surface area contributed by atoms with Crippen LogP contribution in [0.5, 0.6) is 0 Å². The second-order valence-electron chi connectivity index (χ2n) is 6.29. The Hall–Kier alpha value is -2.70. The number of benzene rings is 1. The van der Waals surface area contributed by atoms with Crippen molar-refractivity contribution in [1.82, 2.24) is 19.9 Å². The number of amides is 1. The molecule has 1 aromatic heterocycles. The average Bonchev–Trinajstić information content (AvgIpc) is 3.14. The molecule has 0 saturated carbocycles. The van der Waals surface area contributed by atoms with Crippen LogP contribution in [-0.4, -0.2) is 49.5 Å². The minimum absolute atomic E-state index is 0.00507. The molecule has 7 nitrogen and oxygen atoms in total. The molecule has 1 saturated heterocycles. The number of carbonyl (C=O) groups is 2. The van der Waals surface area contributed by atoms with Crippen molar-refractivity contribution >= 4 is 11.9 Å². The number of nitrogens with zero attached hydrogens (tertiary/aromatic N) is 4. The Morgan fingerprint density at radius 2 is 2.08 bits per heavy atom. The molecule has 7 heteroatoms. The van der Waals surface area contributed by atoms with E-state index >= 15 is 0 Å². The Morgan fingerprint density at radius 1 is 1.33 bits per heavy atom. The van der Waals surface area contributed by atoms with Crippen molar-refractivity contribution in [2.24, 2.45) is 0 Å². The van der Waals surface area contributed by atoms with Crippen LogP contribution in [-0.2, 0) is 11.3 Å². The SMILES string of the molecule is Cc1ccccc1C1CC(C)N(C(=O)Cn2cc(C(=O)O)nn2)C1. The lowest BCUT2D eigenvalue weighted by Gasteiger charge is -2.21. The number of rotatable bonds is 4. The summed E-state index contributed by atoms with van der Waals surface area (Å²) < 4.78 is 1.28. The molecule has 1 aromatic carbocycles. The number of likely N-dealkylation sites (tertiary alicyclic amines) is 1. The Labute approximate surface area is 139 Å². The number of carboxylic acid groups (broad SMARTS) is 1. The summed E-state index contributed by atoms with van der Waals surface area (Å²) in [5.74, 6) is -0.890. The minimum Gasteiger partial charge on any atom is -0.476 e. The van der Waals surface area contributed by atoms with Crippen LogP contribution in [0.3, 0.4) is 0 Å². The van der Waals surface area contributed by atoms with Gasteiger partial charge in [-0.25, -0.2) is 9.48 Å². The van der Waals surface area contributed by atoms with E-state index in [4.69, 9.17) is 5.11 Å². The first-order chi connectivity index (χ1) is 11.5. The molecule has 2 atom stereocenters. The Morgan fingerprint density at radius 3 is 2.75 bits per heavy atom. The van der Waals surface area contributed by atoms with Crippen LogP contribution in [0.1, 0.15) is 40.9 Å². The molecule has 0 aliphatic carbocycles. The van der Waals surface area contributed by atoms with Crippen LogP contribution in [0.4, 0.5) is 0 Å². The minimum atomic E-state index is -1.15. The fourth-order valence-electron chi connectivity index (χ4n) is 3.35. The van der Waals surface area contributed by atoms with E-state index in [-0.39, 0.29) is 24.2 Å². The van der Waals surface area contributed by atoms with Gasteiger partial charge in [0.2, 0.25) is 5.91 Å². The quantitative estimate of drug-likeness (QED) is 0.922. The summed E-state index contributed by atoms with van der Waals surface area (Å²) in [6.07, 6.45) is 2.20. The molecule has 3 rings (SSSR count). The smallest absolute Gasteiger partial charge is 0.358 e. The van der Waals surface area contributed by atoms with Gasteiger partial charge < -0.3 is 10.0 Å². The number of carbonyl (C=O) groups excluding carboxylic acids is 1. The highest BCUT2D eigenvalue weighted by molar-refractivity contribution is 5.84. The molecule has 1 fully saturated rings. The molecule has 1 aliphatic rings. The van der Waals surface area contributed by atoms with E-state index in [9.17, 15) is 9.59 Å². The monoisotopic (exact) mass is 328 g/mol. The third-order valence-corrected chi connectivity index (χ3v) is 4.58. The van der Waals surface area contributed by atoms with E-state index in [1.807, 2.05) is 24.0 Å². The first kappa shape index (κ1) is 16.2. The van der Waals surface area contributed by atoms with Gasteiger partial charge >= 0.3 is 5.97 Å². The van der Waals surface area contributed by atoms with E-state index < -0.39 is 5.97 Å². The summed E-state index contributed by atoms with van der Waals surface area (Å²) >= 11 is 0. The summed E-state index contributed by atoms with van der Waals surface area (Å²) in [6, 6.07) is 8.40. The zero-order valence-corrected chi connectivity index (χ0v) is 13.7. The van der Waals surface area contributed by atoms with Crippen LogP contribution < -0.4 is 0 Å². The summed E-state index contributed by atoms with van der Waals surface area (Å²) in [7, 11) is 0.